The number of nitrogens with zero attached hydrogens (tertiary/aromatic N) is 1. The average Bonchev–Trinajstić information content (AvgIpc) is 2.78. The lowest BCUT2D eigenvalue weighted by Crippen LogP contribution is -1.91. The SMILES string of the molecule is Cc1ccc(Br)cc1Oc1sc([C@@H](C)O)cc1[N+](=O)[O-]. The van der Waals surface area contributed by atoms with Crippen molar-refractivity contribution in [2.24, 2.45) is 0 Å². The van der Waals surface area contributed by atoms with Crippen LogP contribution in [0.4, 0.5) is 5.69 Å². The molecule has 0 saturated carbocycles. The van der Waals surface area contributed by atoms with Crippen LogP contribution in [-0.4, -0.2) is 10.0 Å². The minimum absolute atomic E-state index is 0.134. The summed E-state index contributed by atoms with van der Waals surface area (Å²) in [7, 11) is 0. The minimum atomic E-state index is -0.764. The second kappa shape index (κ2) is 5.90. The van der Waals surface area contributed by atoms with Gasteiger partial charge in [0.05, 0.1) is 11.0 Å². The second-order valence-electron chi connectivity index (χ2n) is 4.27. The first kappa shape index (κ1) is 15.0. The Labute approximate surface area is 128 Å². The molecule has 0 saturated heterocycles. The molecule has 1 heterocycles. The molecule has 1 atom stereocenters. The van der Waals surface area contributed by atoms with Crippen molar-refractivity contribution in [1.29, 1.82) is 0 Å². The zero-order valence-corrected chi connectivity index (χ0v) is 13.2. The lowest BCUT2D eigenvalue weighted by atomic mass is 10.2. The molecule has 0 aliphatic rings. The molecule has 0 aliphatic carbocycles. The van der Waals surface area contributed by atoms with E-state index in [0.29, 0.717) is 10.6 Å². The molecule has 0 bridgehead atoms. The molecule has 106 valence electrons. The van der Waals surface area contributed by atoms with Crippen LogP contribution < -0.4 is 4.74 Å². The van der Waals surface area contributed by atoms with Gasteiger partial charge in [0.1, 0.15) is 5.75 Å². The lowest BCUT2D eigenvalue weighted by Gasteiger charge is -2.06. The first-order valence-corrected chi connectivity index (χ1v) is 7.39. The van der Waals surface area contributed by atoms with E-state index in [9.17, 15) is 15.2 Å². The van der Waals surface area contributed by atoms with E-state index in [1.165, 1.54) is 6.07 Å². The van der Waals surface area contributed by atoms with E-state index in [0.717, 1.165) is 21.4 Å². The van der Waals surface area contributed by atoms with Crippen LogP contribution in [-0.2, 0) is 0 Å². The Morgan fingerprint density at radius 3 is 2.75 bits per heavy atom. The van der Waals surface area contributed by atoms with Gasteiger partial charge in [-0.15, -0.1) is 0 Å². The normalized spacial score (nSPS) is 12.2. The summed E-state index contributed by atoms with van der Waals surface area (Å²) in [5.41, 5.74) is 0.736. The smallest absolute Gasteiger partial charge is 0.323 e. The van der Waals surface area contributed by atoms with Crippen LogP contribution in [0.3, 0.4) is 0 Å². The molecule has 0 fully saturated rings. The van der Waals surface area contributed by atoms with Crippen molar-refractivity contribution in [2.75, 3.05) is 0 Å². The summed E-state index contributed by atoms with van der Waals surface area (Å²) in [5.74, 6) is 0.543. The first-order chi connectivity index (χ1) is 9.38. The quantitative estimate of drug-likeness (QED) is 0.642. The molecule has 1 aromatic heterocycles. The van der Waals surface area contributed by atoms with Gasteiger partial charge in [-0.1, -0.05) is 33.3 Å². The number of ether oxygens (including phenoxy) is 1. The lowest BCUT2D eigenvalue weighted by molar-refractivity contribution is -0.385. The number of thiophene rings is 1. The summed E-state index contributed by atoms with van der Waals surface area (Å²) in [4.78, 5) is 11.0. The second-order valence-corrected chi connectivity index (χ2v) is 6.23. The van der Waals surface area contributed by atoms with E-state index in [1.807, 2.05) is 19.1 Å². The molecule has 0 radical (unpaired) electrons. The van der Waals surface area contributed by atoms with E-state index in [2.05, 4.69) is 15.9 Å². The van der Waals surface area contributed by atoms with Crippen LogP contribution in [0.25, 0.3) is 0 Å². The third kappa shape index (κ3) is 3.17. The maximum absolute atomic E-state index is 11.0. The van der Waals surface area contributed by atoms with Gasteiger partial charge in [-0.05, 0) is 31.5 Å². The Morgan fingerprint density at radius 2 is 2.15 bits per heavy atom. The molecule has 1 aromatic carbocycles. The third-order valence-electron chi connectivity index (χ3n) is 2.66. The molecule has 0 aliphatic heterocycles. The Kier molecular flexibility index (Phi) is 4.42. The van der Waals surface area contributed by atoms with Crippen molar-refractivity contribution < 1.29 is 14.8 Å². The Bertz CT molecular complexity index is 654. The van der Waals surface area contributed by atoms with Crippen LogP contribution >= 0.6 is 27.3 Å². The summed E-state index contributed by atoms with van der Waals surface area (Å²) in [5, 5.41) is 20.7. The highest BCUT2D eigenvalue weighted by Crippen LogP contribution is 2.42. The van der Waals surface area contributed by atoms with Gasteiger partial charge in [-0.2, -0.15) is 0 Å². The Hall–Kier alpha value is -1.44. The summed E-state index contributed by atoms with van der Waals surface area (Å²) < 4.78 is 6.48. The zero-order valence-electron chi connectivity index (χ0n) is 10.8. The van der Waals surface area contributed by atoms with Gasteiger partial charge >= 0.3 is 5.69 Å². The molecule has 0 amide bonds. The molecule has 0 spiro atoms. The van der Waals surface area contributed by atoms with Crippen molar-refractivity contribution in [3.63, 3.8) is 0 Å². The summed E-state index contributed by atoms with van der Waals surface area (Å²) in [6, 6.07) is 6.82. The van der Waals surface area contributed by atoms with Gasteiger partial charge in [0, 0.05) is 15.4 Å². The number of aliphatic hydroxyl groups excluding tert-OH is 1. The van der Waals surface area contributed by atoms with Crippen molar-refractivity contribution in [3.05, 3.63) is 49.3 Å². The van der Waals surface area contributed by atoms with Crippen molar-refractivity contribution in [2.45, 2.75) is 20.0 Å². The fourth-order valence-electron chi connectivity index (χ4n) is 1.57. The summed E-state index contributed by atoms with van der Waals surface area (Å²) in [6.45, 7) is 3.42. The van der Waals surface area contributed by atoms with Gasteiger partial charge in [-0.25, -0.2) is 0 Å². The number of aliphatic hydroxyl groups is 1. The Morgan fingerprint density at radius 1 is 1.45 bits per heavy atom. The highest BCUT2D eigenvalue weighted by Gasteiger charge is 2.23. The number of rotatable bonds is 4. The van der Waals surface area contributed by atoms with E-state index in [4.69, 9.17) is 4.74 Å². The fourth-order valence-corrected chi connectivity index (χ4v) is 2.84. The van der Waals surface area contributed by atoms with Crippen LogP contribution in [0.5, 0.6) is 10.8 Å². The molecular formula is C13H12BrNO4S. The fraction of sp³-hybridized carbons (Fsp3) is 0.231. The van der Waals surface area contributed by atoms with Crippen molar-refractivity contribution in [3.8, 4) is 10.8 Å². The van der Waals surface area contributed by atoms with E-state index < -0.39 is 11.0 Å². The monoisotopic (exact) mass is 357 g/mol. The van der Waals surface area contributed by atoms with Crippen LogP contribution in [0.2, 0.25) is 0 Å². The van der Waals surface area contributed by atoms with E-state index in [1.54, 1.807) is 13.0 Å². The molecular weight excluding hydrogens is 346 g/mol. The molecule has 5 nitrogen and oxygen atoms in total. The number of hydrogen-bond donors (Lipinski definition) is 1. The molecule has 20 heavy (non-hydrogen) atoms. The number of nitro groups is 1. The van der Waals surface area contributed by atoms with Crippen molar-refractivity contribution in [1.82, 2.24) is 0 Å². The minimum Gasteiger partial charge on any atom is -0.440 e. The van der Waals surface area contributed by atoms with E-state index in [-0.39, 0.29) is 10.8 Å². The predicted octanol–water partition coefficient (Wildman–Crippen LogP) is 4.57. The number of halogens is 1. The third-order valence-corrected chi connectivity index (χ3v) is 4.33. The average molecular weight is 358 g/mol. The molecule has 1 N–H and O–H groups in total. The molecule has 2 aromatic rings. The number of aryl methyl sites for hydroxylation is 1. The Balaban J connectivity index is 2.42. The van der Waals surface area contributed by atoms with Crippen LogP contribution in [0, 0.1) is 17.0 Å². The summed E-state index contributed by atoms with van der Waals surface area (Å²) >= 11 is 4.41. The first-order valence-electron chi connectivity index (χ1n) is 5.78. The highest BCUT2D eigenvalue weighted by atomic mass is 79.9. The van der Waals surface area contributed by atoms with E-state index >= 15 is 0 Å². The maximum Gasteiger partial charge on any atom is 0.323 e. The van der Waals surface area contributed by atoms with Crippen LogP contribution in [0.1, 0.15) is 23.5 Å². The molecule has 0 unspecified atom stereocenters. The largest absolute Gasteiger partial charge is 0.440 e. The molecule has 2 rings (SSSR count). The highest BCUT2D eigenvalue weighted by molar-refractivity contribution is 9.10. The summed E-state index contributed by atoms with van der Waals surface area (Å²) in [6.07, 6.45) is -0.764. The maximum atomic E-state index is 11.0. The van der Waals surface area contributed by atoms with Gasteiger partial charge in [0.2, 0.25) is 0 Å². The standard InChI is InChI=1S/C13H12BrNO4S/c1-7-3-4-9(14)5-11(7)19-13-10(15(17)18)6-12(20-13)8(2)16/h3-6,8,16H,1-2H3/t8-/m1/s1. The van der Waals surface area contributed by atoms with Gasteiger partial charge in [0.15, 0.2) is 0 Å². The predicted molar refractivity (Wildman–Crippen MR) is 80.6 cm³/mol. The number of hydrogen-bond acceptors (Lipinski definition) is 5. The van der Waals surface area contributed by atoms with Gasteiger partial charge < -0.3 is 9.84 Å². The van der Waals surface area contributed by atoms with Gasteiger partial charge in [-0.3, -0.25) is 10.1 Å². The van der Waals surface area contributed by atoms with Crippen LogP contribution in [0.15, 0.2) is 28.7 Å². The van der Waals surface area contributed by atoms with Gasteiger partial charge in [0.25, 0.3) is 5.06 Å². The topological polar surface area (TPSA) is 72.6 Å². The van der Waals surface area contributed by atoms with Crippen molar-refractivity contribution >= 4 is 33.0 Å². The zero-order chi connectivity index (χ0) is 14.9. The molecule has 7 heteroatoms. The number of benzene rings is 1.